The van der Waals surface area contributed by atoms with E-state index in [1.807, 2.05) is 23.5 Å². The summed E-state index contributed by atoms with van der Waals surface area (Å²) in [5, 5.41) is 6.54. The Morgan fingerprint density at radius 2 is 2.00 bits per heavy atom. The lowest BCUT2D eigenvalue weighted by Crippen LogP contribution is -2.29. The normalized spacial score (nSPS) is 19.4. The minimum Gasteiger partial charge on any atom is -0.306 e. The molecule has 0 aliphatic carbocycles. The van der Waals surface area contributed by atoms with E-state index in [0.717, 1.165) is 18.0 Å². The summed E-state index contributed by atoms with van der Waals surface area (Å²) < 4.78 is 0. The Hall–Kier alpha value is -0.830. The minimum atomic E-state index is 0.340. The third kappa shape index (κ3) is 1.77. The number of thiophene rings is 1. The lowest BCUT2D eigenvalue weighted by Gasteiger charge is -2.24. The van der Waals surface area contributed by atoms with Crippen LogP contribution in [0.15, 0.2) is 35.7 Å². The van der Waals surface area contributed by atoms with Crippen LogP contribution in [0.25, 0.3) is 0 Å². The van der Waals surface area contributed by atoms with Crippen molar-refractivity contribution in [1.29, 1.82) is 0 Å². The molecule has 1 aliphatic rings. The van der Waals surface area contributed by atoms with E-state index in [-0.39, 0.29) is 0 Å². The monoisotopic (exact) mass is 249 g/mol. The molecule has 0 spiro atoms. The Bertz CT molecular complexity index is 489. The molecule has 3 rings (SSSR count). The van der Waals surface area contributed by atoms with Crippen LogP contribution in [0.3, 0.4) is 0 Å². The fourth-order valence-corrected chi connectivity index (χ4v) is 3.25. The van der Waals surface area contributed by atoms with Crippen molar-refractivity contribution in [3.05, 3.63) is 56.7 Å². The van der Waals surface area contributed by atoms with Gasteiger partial charge in [0.15, 0.2) is 0 Å². The topological polar surface area (TPSA) is 12.0 Å². The Balaban J connectivity index is 2.00. The van der Waals surface area contributed by atoms with Gasteiger partial charge in [-0.2, -0.15) is 0 Å². The van der Waals surface area contributed by atoms with Gasteiger partial charge in [-0.15, -0.1) is 11.3 Å². The van der Waals surface area contributed by atoms with E-state index in [1.54, 1.807) is 0 Å². The van der Waals surface area contributed by atoms with E-state index >= 15 is 0 Å². The molecule has 1 nitrogen and oxygen atoms in total. The second kappa shape index (κ2) is 4.21. The van der Waals surface area contributed by atoms with Crippen molar-refractivity contribution in [2.75, 3.05) is 6.54 Å². The van der Waals surface area contributed by atoms with Gasteiger partial charge in [-0.05, 0) is 41.1 Å². The lowest BCUT2D eigenvalue weighted by molar-refractivity contribution is 0.575. The van der Waals surface area contributed by atoms with E-state index in [1.165, 1.54) is 16.0 Å². The summed E-state index contributed by atoms with van der Waals surface area (Å²) in [7, 11) is 0. The lowest BCUT2D eigenvalue weighted by atomic mass is 9.96. The first-order valence-electron chi connectivity index (χ1n) is 5.40. The average Bonchev–Trinajstić information content (AvgIpc) is 2.78. The number of rotatable bonds is 1. The summed E-state index contributed by atoms with van der Waals surface area (Å²) in [4.78, 5) is 1.51. The largest absolute Gasteiger partial charge is 0.306 e. The van der Waals surface area contributed by atoms with Crippen molar-refractivity contribution in [2.45, 2.75) is 12.5 Å². The zero-order valence-electron chi connectivity index (χ0n) is 8.74. The van der Waals surface area contributed by atoms with Crippen LogP contribution in [0.5, 0.6) is 0 Å². The molecule has 1 aliphatic heterocycles. The first-order valence-corrected chi connectivity index (χ1v) is 6.65. The first-order chi connectivity index (χ1) is 7.84. The van der Waals surface area contributed by atoms with Crippen molar-refractivity contribution < 1.29 is 0 Å². The van der Waals surface area contributed by atoms with Crippen LogP contribution in [0.4, 0.5) is 0 Å². The van der Waals surface area contributed by atoms with Gasteiger partial charge in [0.1, 0.15) is 0 Å². The quantitative estimate of drug-likeness (QED) is 0.814. The zero-order chi connectivity index (χ0) is 11.0. The molecule has 0 radical (unpaired) electrons. The summed E-state index contributed by atoms with van der Waals surface area (Å²) >= 11 is 7.77. The minimum absolute atomic E-state index is 0.340. The van der Waals surface area contributed by atoms with Gasteiger partial charge in [0.2, 0.25) is 0 Å². The molecule has 0 saturated carbocycles. The van der Waals surface area contributed by atoms with E-state index in [2.05, 4.69) is 28.9 Å². The molecule has 1 aromatic heterocycles. The SMILES string of the molecule is Clc1ccc([C@@H]2NCCc3sccc32)cc1. The maximum atomic E-state index is 5.91. The van der Waals surface area contributed by atoms with Crippen molar-refractivity contribution in [3.63, 3.8) is 0 Å². The van der Waals surface area contributed by atoms with Crippen LogP contribution in [0.1, 0.15) is 22.0 Å². The molecule has 3 heteroatoms. The summed E-state index contributed by atoms with van der Waals surface area (Å²) in [5.74, 6) is 0. The van der Waals surface area contributed by atoms with E-state index in [0.29, 0.717) is 6.04 Å². The Kier molecular flexibility index (Phi) is 2.72. The maximum Gasteiger partial charge on any atom is 0.0587 e. The molecule has 2 aromatic rings. The van der Waals surface area contributed by atoms with Gasteiger partial charge in [-0.1, -0.05) is 23.7 Å². The smallest absolute Gasteiger partial charge is 0.0587 e. The maximum absolute atomic E-state index is 5.91. The predicted octanol–water partition coefficient (Wildman–Crippen LogP) is 3.64. The Labute approximate surface area is 104 Å². The van der Waals surface area contributed by atoms with Crippen LogP contribution >= 0.6 is 22.9 Å². The van der Waals surface area contributed by atoms with Crippen LogP contribution in [0, 0.1) is 0 Å². The second-order valence-electron chi connectivity index (χ2n) is 3.99. The molecule has 0 saturated heterocycles. The van der Waals surface area contributed by atoms with Crippen molar-refractivity contribution in [2.24, 2.45) is 0 Å². The van der Waals surface area contributed by atoms with Crippen LogP contribution in [0.2, 0.25) is 5.02 Å². The van der Waals surface area contributed by atoms with Gasteiger partial charge in [0.05, 0.1) is 6.04 Å². The second-order valence-corrected chi connectivity index (χ2v) is 5.42. The molecule has 1 aromatic carbocycles. The van der Waals surface area contributed by atoms with Crippen LogP contribution in [-0.2, 0) is 6.42 Å². The molecular weight excluding hydrogens is 238 g/mol. The Morgan fingerprint density at radius 3 is 2.81 bits per heavy atom. The molecule has 1 N–H and O–H groups in total. The number of benzene rings is 1. The average molecular weight is 250 g/mol. The number of nitrogens with one attached hydrogen (secondary N) is 1. The fourth-order valence-electron chi connectivity index (χ4n) is 2.20. The third-order valence-corrected chi connectivity index (χ3v) is 4.24. The number of hydrogen-bond donors (Lipinski definition) is 1. The fraction of sp³-hybridized carbons (Fsp3) is 0.231. The number of fused-ring (bicyclic) bond motifs is 1. The van der Waals surface area contributed by atoms with Crippen molar-refractivity contribution in [3.8, 4) is 0 Å². The van der Waals surface area contributed by atoms with E-state index < -0.39 is 0 Å². The van der Waals surface area contributed by atoms with E-state index in [9.17, 15) is 0 Å². The molecule has 1 atom stereocenters. The van der Waals surface area contributed by atoms with Gasteiger partial charge >= 0.3 is 0 Å². The van der Waals surface area contributed by atoms with E-state index in [4.69, 9.17) is 11.6 Å². The summed E-state index contributed by atoms with van der Waals surface area (Å²) in [6, 6.07) is 10.7. The highest BCUT2D eigenvalue weighted by molar-refractivity contribution is 7.10. The number of halogens is 1. The highest BCUT2D eigenvalue weighted by Crippen LogP contribution is 2.32. The molecule has 0 bridgehead atoms. The summed E-state index contributed by atoms with van der Waals surface area (Å²) in [5.41, 5.74) is 2.72. The van der Waals surface area contributed by atoms with Crippen LogP contribution in [-0.4, -0.2) is 6.54 Å². The molecular formula is C13H12ClNS. The first kappa shape index (κ1) is 10.3. The standard InChI is InChI=1S/C13H12ClNS/c14-10-3-1-9(2-4-10)13-11-6-8-16-12(11)5-7-15-13/h1-4,6,8,13,15H,5,7H2/t13-/m0/s1. The van der Waals surface area contributed by atoms with Gasteiger partial charge in [0.25, 0.3) is 0 Å². The molecule has 0 unspecified atom stereocenters. The van der Waals surface area contributed by atoms with Crippen molar-refractivity contribution >= 4 is 22.9 Å². The van der Waals surface area contributed by atoms with Gasteiger partial charge in [-0.3, -0.25) is 0 Å². The van der Waals surface area contributed by atoms with Crippen molar-refractivity contribution in [1.82, 2.24) is 5.32 Å². The molecule has 2 heterocycles. The van der Waals surface area contributed by atoms with Gasteiger partial charge in [0, 0.05) is 16.4 Å². The van der Waals surface area contributed by atoms with Crippen LogP contribution < -0.4 is 5.32 Å². The molecule has 0 amide bonds. The van der Waals surface area contributed by atoms with Gasteiger partial charge < -0.3 is 5.32 Å². The predicted molar refractivity (Wildman–Crippen MR) is 69.3 cm³/mol. The Morgan fingerprint density at radius 1 is 1.19 bits per heavy atom. The number of hydrogen-bond acceptors (Lipinski definition) is 2. The molecule has 16 heavy (non-hydrogen) atoms. The zero-order valence-corrected chi connectivity index (χ0v) is 10.3. The van der Waals surface area contributed by atoms with Gasteiger partial charge in [-0.25, -0.2) is 0 Å². The summed E-state index contributed by atoms with van der Waals surface area (Å²) in [6.07, 6.45) is 1.15. The molecule has 82 valence electrons. The highest BCUT2D eigenvalue weighted by Gasteiger charge is 2.21. The third-order valence-electron chi connectivity index (χ3n) is 2.99. The molecule has 0 fully saturated rings. The highest BCUT2D eigenvalue weighted by atomic mass is 35.5. The summed E-state index contributed by atoms with van der Waals surface area (Å²) in [6.45, 7) is 1.06.